The molecule has 1 aromatic heterocycles. The first-order chi connectivity index (χ1) is 14.2. The number of methoxy groups -OCH3 is 1. The van der Waals surface area contributed by atoms with Gasteiger partial charge in [0, 0.05) is 6.08 Å². The maximum Gasteiger partial charge on any atom is 0.250 e. The highest BCUT2D eigenvalue weighted by molar-refractivity contribution is 7.22. The van der Waals surface area contributed by atoms with E-state index >= 15 is 0 Å². The predicted molar refractivity (Wildman–Crippen MR) is 112 cm³/mol. The number of hydrogen-bond acceptors (Lipinski definition) is 7. The van der Waals surface area contributed by atoms with Crippen LogP contribution in [0.3, 0.4) is 0 Å². The molecule has 0 spiro atoms. The molecule has 150 valence electrons. The van der Waals surface area contributed by atoms with Gasteiger partial charge in [0.25, 0.3) is 0 Å². The van der Waals surface area contributed by atoms with E-state index in [4.69, 9.17) is 18.9 Å². The average Bonchev–Trinajstić information content (AvgIpc) is 3.13. The van der Waals surface area contributed by atoms with Crippen molar-refractivity contribution >= 4 is 38.7 Å². The van der Waals surface area contributed by atoms with Crippen LogP contribution in [0.25, 0.3) is 16.3 Å². The summed E-state index contributed by atoms with van der Waals surface area (Å²) in [4.78, 5) is 16.8. The second-order valence-electron chi connectivity index (χ2n) is 6.15. The SMILES string of the molecule is CCOc1ccc2nc(NC(=O)/C=C/c3cc(OC)c4c(c3)OCCO4)sc2c1. The van der Waals surface area contributed by atoms with Gasteiger partial charge < -0.3 is 18.9 Å². The summed E-state index contributed by atoms with van der Waals surface area (Å²) < 4.78 is 23.0. The largest absolute Gasteiger partial charge is 0.494 e. The van der Waals surface area contributed by atoms with E-state index in [2.05, 4.69) is 10.3 Å². The molecule has 1 amide bonds. The summed E-state index contributed by atoms with van der Waals surface area (Å²) >= 11 is 1.40. The zero-order valence-electron chi connectivity index (χ0n) is 16.1. The molecule has 4 rings (SSSR count). The molecule has 0 bridgehead atoms. The van der Waals surface area contributed by atoms with Crippen molar-refractivity contribution in [2.45, 2.75) is 6.92 Å². The molecule has 0 atom stereocenters. The standard InChI is InChI=1S/C21H20N2O5S/c1-3-26-14-5-6-15-18(12-14)29-21(22-15)23-19(24)7-4-13-10-16(25-2)20-17(11-13)27-8-9-28-20/h4-7,10-12H,3,8-9H2,1-2H3,(H,22,23,24)/b7-4+. The van der Waals surface area contributed by atoms with Crippen LogP contribution < -0.4 is 24.3 Å². The van der Waals surface area contributed by atoms with Gasteiger partial charge in [-0.2, -0.15) is 0 Å². The van der Waals surface area contributed by atoms with Crippen LogP contribution in [0.15, 0.2) is 36.4 Å². The molecule has 2 heterocycles. The van der Waals surface area contributed by atoms with Crippen LogP contribution in [0.1, 0.15) is 12.5 Å². The number of nitrogens with zero attached hydrogens (tertiary/aromatic N) is 1. The maximum atomic E-state index is 12.3. The van der Waals surface area contributed by atoms with Gasteiger partial charge in [0.05, 0.1) is 23.9 Å². The third-order valence-electron chi connectivity index (χ3n) is 4.18. The minimum atomic E-state index is -0.275. The van der Waals surface area contributed by atoms with E-state index in [0.717, 1.165) is 21.5 Å². The lowest BCUT2D eigenvalue weighted by molar-refractivity contribution is -0.111. The molecule has 1 aliphatic heterocycles. The number of fused-ring (bicyclic) bond motifs is 2. The van der Waals surface area contributed by atoms with Crippen LogP contribution in [0.2, 0.25) is 0 Å². The highest BCUT2D eigenvalue weighted by atomic mass is 32.1. The van der Waals surface area contributed by atoms with Crippen LogP contribution in [0, 0.1) is 0 Å². The quantitative estimate of drug-likeness (QED) is 0.614. The molecular formula is C21H20N2O5S. The van der Waals surface area contributed by atoms with E-state index in [9.17, 15) is 4.79 Å². The number of rotatable bonds is 6. The van der Waals surface area contributed by atoms with Gasteiger partial charge in [-0.05, 0) is 48.9 Å². The smallest absolute Gasteiger partial charge is 0.250 e. The number of amides is 1. The molecule has 0 unspecified atom stereocenters. The van der Waals surface area contributed by atoms with Gasteiger partial charge in [0.15, 0.2) is 16.6 Å². The lowest BCUT2D eigenvalue weighted by Crippen LogP contribution is -2.16. The van der Waals surface area contributed by atoms with Crippen molar-refractivity contribution in [1.82, 2.24) is 4.98 Å². The third-order valence-corrected chi connectivity index (χ3v) is 5.11. The summed E-state index contributed by atoms with van der Waals surface area (Å²) in [6, 6.07) is 9.28. The van der Waals surface area contributed by atoms with Crippen LogP contribution in [-0.2, 0) is 4.79 Å². The fourth-order valence-corrected chi connectivity index (χ4v) is 3.82. The summed E-state index contributed by atoms with van der Waals surface area (Å²) in [5.41, 5.74) is 1.58. The number of hydrogen-bond donors (Lipinski definition) is 1. The molecule has 29 heavy (non-hydrogen) atoms. The Morgan fingerprint density at radius 2 is 2.14 bits per heavy atom. The normalized spacial score (nSPS) is 12.9. The Hall–Kier alpha value is -3.26. The minimum absolute atomic E-state index is 0.275. The Bertz CT molecular complexity index is 1060. The highest BCUT2D eigenvalue weighted by Gasteiger charge is 2.17. The number of thiazole rings is 1. The van der Waals surface area contributed by atoms with Gasteiger partial charge in [-0.25, -0.2) is 4.98 Å². The fourth-order valence-electron chi connectivity index (χ4n) is 2.92. The van der Waals surface area contributed by atoms with Crippen molar-refractivity contribution in [1.29, 1.82) is 0 Å². The Labute approximate surface area is 171 Å². The Morgan fingerprint density at radius 3 is 2.97 bits per heavy atom. The molecule has 0 saturated heterocycles. The zero-order chi connectivity index (χ0) is 20.2. The molecule has 7 nitrogen and oxygen atoms in total. The van der Waals surface area contributed by atoms with Crippen molar-refractivity contribution in [2.24, 2.45) is 0 Å². The molecule has 0 radical (unpaired) electrons. The summed E-state index contributed by atoms with van der Waals surface area (Å²) in [5.74, 6) is 2.27. The van der Waals surface area contributed by atoms with E-state index in [0.29, 0.717) is 42.2 Å². The van der Waals surface area contributed by atoms with E-state index in [1.54, 1.807) is 19.3 Å². The van der Waals surface area contributed by atoms with Crippen molar-refractivity contribution < 1.29 is 23.7 Å². The van der Waals surface area contributed by atoms with Gasteiger partial charge in [-0.3, -0.25) is 10.1 Å². The van der Waals surface area contributed by atoms with Crippen molar-refractivity contribution in [3.8, 4) is 23.0 Å². The number of carbonyl (C=O) groups is 1. The second-order valence-corrected chi connectivity index (χ2v) is 7.18. The Balaban J connectivity index is 1.48. The lowest BCUT2D eigenvalue weighted by Gasteiger charge is -2.20. The Morgan fingerprint density at radius 1 is 1.28 bits per heavy atom. The van der Waals surface area contributed by atoms with Gasteiger partial charge in [0.1, 0.15) is 19.0 Å². The minimum Gasteiger partial charge on any atom is -0.494 e. The summed E-state index contributed by atoms with van der Waals surface area (Å²) in [7, 11) is 1.57. The first-order valence-corrected chi connectivity index (χ1v) is 9.98. The molecule has 8 heteroatoms. The number of aromatic nitrogens is 1. The van der Waals surface area contributed by atoms with Crippen molar-refractivity contribution in [2.75, 3.05) is 32.2 Å². The topological polar surface area (TPSA) is 78.9 Å². The fraction of sp³-hybridized carbons (Fsp3) is 0.238. The Kier molecular flexibility index (Phi) is 5.53. The number of anilines is 1. The molecular weight excluding hydrogens is 392 g/mol. The van der Waals surface area contributed by atoms with Gasteiger partial charge in [-0.1, -0.05) is 11.3 Å². The molecule has 1 N–H and O–H groups in total. The average molecular weight is 412 g/mol. The van der Waals surface area contributed by atoms with E-state index in [-0.39, 0.29) is 5.91 Å². The summed E-state index contributed by atoms with van der Waals surface area (Å²) in [6.45, 7) is 3.50. The number of nitrogens with one attached hydrogen (secondary N) is 1. The van der Waals surface area contributed by atoms with Crippen molar-refractivity contribution in [3.63, 3.8) is 0 Å². The van der Waals surface area contributed by atoms with E-state index < -0.39 is 0 Å². The number of ether oxygens (including phenoxy) is 4. The molecule has 2 aromatic carbocycles. The molecule has 0 saturated carbocycles. The highest BCUT2D eigenvalue weighted by Crippen LogP contribution is 2.40. The first-order valence-electron chi connectivity index (χ1n) is 9.16. The number of carbonyl (C=O) groups excluding carboxylic acids is 1. The predicted octanol–water partition coefficient (Wildman–Crippen LogP) is 4.13. The van der Waals surface area contributed by atoms with E-state index in [1.807, 2.05) is 31.2 Å². The van der Waals surface area contributed by atoms with Crippen molar-refractivity contribution in [3.05, 3.63) is 42.0 Å². The lowest BCUT2D eigenvalue weighted by atomic mass is 10.1. The van der Waals surface area contributed by atoms with Gasteiger partial charge >= 0.3 is 0 Å². The molecule has 0 aliphatic carbocycles. The first kappa shape index (κ1) is 19.1. The summed E-state index contributed by atoms with van der Waals surface area (Å²) in [6.07, 6.45) is 3.14. The number of benzene rings is 2. The summed E-state index contributed by atoms with van der Waals surface area (Å²) in [5, 5.41) is 3.33. The van der Waals surface area contributed by atoms with Crippen LogP contribution in [0.4, 0.5) is 5.13 Å². The van der Waals surface area contributed by atoms with Gasteiger partial charge in [-0.15, -0.1) is 0 Å². The monoisotopic (exact) mass is 412 g/mol. The molecule has 0 fully saturated rings. The zero-order valence-corrected chi connectivity index (χ0v) is 16.9. The van der Waals surface area contributed by atoms with Crippen LogP contribution in [0.5, 0.6) is 23.0 Å². The van der Waals surface area contributed by atoms with E-state index in [1.165, 1.54) is 17.4 Å². The van der Waals surface area contributed by atoms with Crippen LogP contribution in [-0.4, -0.2) is 37.8 Å². The maximum absolute atomic E-state index is 12.3. The second kappa shape index (κ2) is 8.40. The van der Waals surface area contributed by atoms with Gasteiger partial charge in [0.2, 0.25) is 11.7 Å². The van der Waals surface area contributed by atoms with Crippen LogP contribution >= 0.6 is 11.3 Å². The third kappa shape index (κ3) is 4.27. The molecule has 1 aliphatic rings. The molecule has 3 aromatic rings.